The number of hydrogen-bond acceptors (Lipinski definition) is 5. The van der Waals surface area contributed by atoms with Crippen molar-refractivity contribution >= 4 is 28.6 Å². The van der Waals surface area contributed by atoms with Gasteiger partial charge in [-0.1, -0.05) is 0 Å². The van der Waals surface area contributed by atoms with E-state index in [1.807, 2.05) is 30.3 Å². The molecule has 1 aliphatic rings. The summed E-state index contributed by atoms with van der Waals surface area (Å²) in [5.74, 6) is 0.685. The van der Waals surface area contributed by atoms with E-state index in [4.69, 9.17) is 0 Å². The van der Waals surface area contributed by atoms with Crippen LogP contribution in [-0.2, 0) is 6.42 Å². The molecule has 3 rings (SSSR count). The quantitative estimate of drug-likeness (QED) is 0.871. The number of carbonyl (C=O) groups is 1. The minimum Gasteiger partial charge on any atom is -0.338 e. The monoisotopic (exact) mass is 321 g/mol. The molecule has 0 radical (unpaired) electrons. The van der Waals surface area contributed by atoms with E-state index in [1.165, 1.54) is 22.8 Å². The summed E-state index contributed by atoms with van der Waals surface area (Å²) in [5.41, 5.74) is 0.865. The number of aryl methyl sites for hydroxylation is 2. The highest BCUT2D eigenvalue weighted by atomic mass is 32.1. The van der Waals surface area contributed by atoms with Gasteiger partial charge in [-0.05, 0) is 32.6 Å². The van der Waals surface area contributed by atoms with Crippen molar-refractivity contribution in [2.24, 2.45) is 5.92 Å². The zero-order valence-corrected chi connectivity index (χ0v) is 14.0. The first-order valence-corrected chi connectivity index (χ1v) is 8.95. The molecular weight excluding hydrogens is 302 g/mol. The van der Waals surface area contributed by atoms with Crippen molar-refractivity contribution in [2.75, 3.05) is 13.1 Å². The maximum atomic E-state index is 12.7. The Kier molecular flexibility index (Phi) is 4.35. The van der Waals surface area contributed by atoms with Crippen LogP contribution in [0.4, 0.5) is 0 Å². The SMILES string of the molecule is Cc1nc(C)c(C(=O)N2CCCC(Cc3nccs3)C2)s1. The molecule has 112 valence electrons. The minimum absolute atomic E-state index is 0.155. The zero-order chi connectivity index (χ0) is 14.8. The number of carbonyl (C=O) groups excluding carboxylic acids is 1. The van der Waals surface area contributed by atoms with Crippen LogP contribution in [0.5, 0.6) is 0 Å². The fourth-order valence-corrected chi connectivity index (χ4v) is 4.51. The molecule has 1 atom stereocenters. The molecule has 0 bridgehead atoms. The Labute approximate surface area is 132 Å². The van der Waals surface area contributed by atoms with Gasteiger partial charge in [0.05, 0.1) is 15.7 Å². The summed E-state index contributed by atoms with van der Waals surface area (Å²) in [6.07, 6.45) is 5.11. The number of hydrogen-bond donors (Lipinski definition) is 0. The van der Waals surface area contributed by atoms with Crippen molar-refractivity contribution in [1.29, 1.82) is 0 Å². The number of likely N-dealkylation sites (tertiary alicyclic amines) is 1. The number of piperidine rings is 1. The van der Waals surface area contributed by atoms with E-state index in [0.717, 1.165) is 41.5 Å². The molecule has 6 heteroatoms. The van der Waals surface area contributed by atoms with Crippen molar-refractivity contribution in [1.82, 2.24) is 14.9 Å². The first-order chi connectivity index (χ1) is 10.1. The molecule has 0 spiro atoms. The van der Waals surface area contributed by atoms with Crippen molar-refractivity contribution in [3.05, 3.63) is 32.2 Å². The highest BCUT2D eigenvalue weighted by Gasteiger charge is 2.27. The first kappa shape index (κ1) is 14.7. The van der Waals surface area contributed by atoms with Gasteiger partial charge >= 0.3 is 0 Å². The van der Waals surface area contributed by atoms with Crippen LogP contribution in [0.15, 0.2) is 11.6 Å². The molecule has 0 aromatic carbocycles. The van der Waals surface area contributed by atoms with E-state index in [9.17, 15) is 4.79 Å². The topological polar surface area (TPSA) is 46.1 Å². The van der Waals surface area contributed by atoms with Gasteiger partial charge in [0.2, 0.25) is 0 Å². The number of aromatic nitrogens is 2. The molecule has 1 amide bonds. The summed E-state index contributed by atoms with van der Waals surface area (Å²) in [5, 5.41) is 4.16. The van der Waals surface area contributed by atoms with Gasteiger partial charge in [0, 0.05) is 31.1 Å². The Balaban J connectivity index is 1.68. The van der Waals surface area contributed by atoms with E-state index in [2.05, 4.69) is 9.97 Å². The predicted octanol–water partition coefficient (Wildman–Crippen LogP) is 3.31. The molecule has 0 aliphatic carbocycles. The lowest BCUT2D eigenvalue weighted by atomic mass is 9.95. The van der Waals surface area contributed by atoms with Gasteiger partial charge in [-0.3, -0.25) is 4.79 Å². The lowest BCUT2D eigenvalue weighted by Crippen LogP contribution is -2.40. The Morgan fingerprint density at radius 2 is 2.33 bits per heavy atom. The summed E-state index contributed by atoms with van der Waals surface area (Å²) >= 11 is 3.22. The van der Waals surface area contributed by atoms with E-state index in [0.29, 0.717) is 5.92 Å². The van der Waals surface area contributed by atoms with Gasteiger partial charge in [0.25, 0.3) is 5.91 Å². The van der Waals surface area contributed by atoms with Gasteiger partial charge in [-0.2, -0.15) is 0 Å². The Hall–Kier alpha value is -1.27. The molecule has 1 fully saturated rings. The second kappa shape index (κ2) is 6.23. The van der Waals surface area contributed by atoms with Crippen LogP contribution in [0.1, 0.15) is 38.2 Å². The molecule has 0 saturated carbocycles. The van der Waals surface area contributed by atoms with E-state index in [-0.39, 0.29) is 5.91 Å². The summed E-state index contributed by atoms with van der Waals surface area (Å²) in [6, 6.07) is 0. The van der Waals surface area contributed by atoms with Crippen LogP contribution >= 0.6 is 22.7 Å². The van der Waals surface area contributed by atoms with Crippen molar-refractivity contribution < 1.29 is 4.79 Å². The van der Waals surface area contributed by atoms with E-state index in [1.54, 1.807) is 11.3 Å². The Morgan fingerprint density at radius 1 is 1.48 bits per heavy atom. The smallest absolute Gasteiger partial charge is 0.265 e. The number of nitrogens with zero attached hydrogens (tertiary/aromatic N) is 3. The highest BCUT2D eigenvalue weighted by molar-refractivity contribution is 7.13. The van der Waals surface area contributed by atoms with Gasteiger partial charge in [0.1, 0.15) is 4.88 Å². The highest BCUT2D eigenvalue weighted by Crippen LogP contribution is 2.25. The lowest BCUT2D eigenvalue weighted by Gasteiger charge is -2.32. The number of thiazole rings is 2. The molecule has 2 aromatic rings. The van der Waals surface area contributed by atoms with Crippen LogP contribution in [-0.4, -0.2) is 33.9 Å². The normalized spacial score (nSPS) is 19.0. The average Bonchev–Trinajstić information content (AvgIpc) is 3.08. The largest absolute Gasteiger partial charge is 0.338 e. The van der Waals surface area contributed by atoms with Crippen LogP contribution < -0.4 is 0 Å². The molecular formula is C15H19N3OS2. The predicted molar refractivity (Wildman–Crippen MR) is 86.0 cm³/mol. The third kappa shape index (κ3) is 3.32. The third-order valence-corrected chi connectivity index (χ3v) is 5.71. The lowest BCUT2D eigenvalue weighted by molar-refractivity contribution is 0.0677. The fourth-order valence-electron chi connectivity index (χ4n) is 2.89. The first-order valence-electron chi connectivity index (χ1n) is 7.25. The molecule has 1 aliphatic heterocycles. The Bertz CT molecular complexity index is 621. The van der Waals surface area contributed by atoms with Gasteiger partial charge in [0.15, 0.2) is 0 Å². The van der Waals surface area contributed by atoms with Crippen molar-refractivity contribution in [2.45, 2.75) is 33.1 Å². The maximum absolute atomic E-state index is 12.7. The third-order valence-electron chi connectivity index (χ3n) is 3.85. The second-order valence-electron chi connectivity index (χ2n) is 5.54. The van der Waals surface area contributed by atoms with Gasteiger partial charge in [-0.15, -0.1) is 22.7 Å². The molecule has 4 nitrogen and oxygen atoms in total. The molecule has 21 heavy (non-hydrogen) atoms. The Morgan fingerprint density at radius 3 is 3.00 bits per heavy atom. The van der Waals surface area contributed by atoms with Crippen LogP contribution in [0.2, 0.25) is 0 Å². The standard InChI is InChI=1S/C15H19N3OS2/c1-10-14(21-11(2)17-10)15(19)18-6-3-4-12(9-18)8-13-16-5-7-20-13/h5,7,12H,3-4,6,8-9H2,1-2H3. The maximum Gasteiger partial charge on any atom is 0.265 e. The molecule has 2 aromatic heterocycles. The molecule has 0 N–H and O–H groups in total. The van der Waals surface area contributed by atoms with Crippen LogP contribution in [0.3, 0.4) is 0 Å². The molecule has 1 saturated heterocycles. The number of amides is 1. The second-order valence-corrected chi connectivity index (χ2v) is 7.72. The van der Waals surface area contributed by atoms with Crippen LogP contribution in [0, 0.1) is 19.8 Å². The zero-order valence-electron chi connectivity index (χ0n) is 12.3. The summed E-state index contributed by atoms with van der Waals surface area (Å²) in [6.45, 7) is 5.59. The average molecular weight is 321 g/mol. The summed E-state index contributed by atoms with van der Waals surface area (Å²) < 4.78 is 0. The number of rotatable bonds is 3. The fraction of sp³-hybridized carbons (Fsp3) is 0.533. The van der Waals surface area contributed by atoms with Crippen molar-refractivity contribution in [3.8, 4) is 0 Å². The van der Waals surface area contributed by atoms with Gasteiger partial charge in [-0.25, -0.2) is 9.97 Å². The van der Waals surface area contributed by atoms with Crippen molar-refractivity contribution in [3.63, 3.8) is 0 Å². The van der Waals surface area contributed by atoms with Crippen LogP contribution in [0.25, 0.3) is 0 Å². The summed E-state index contributed by atoms with van der Waals surface area (Å²) in [4.78, 5) is 24.2. The van der Waals surface area contributed by atoms with E-state index < -0.39 is 0 Å². The molecule has 1 unspecified atom stereocenters. The molecule has 3 heterocycles. The van der Waals surface area contributed by atoms with E-state index >= 15 is 0 Å². The minimum atomic E-state index is 0.155. The summed E-state index contributed by atoms with van der Waals surface area (Å²) in [7, 11) is 0. The van der Waals surface area contributed by atoms with Gasteiger partial charge < -0.3 is 4.90 Å².